The van der Waals surface area contributed by atoms with Crippen molar-refractivity contribution in [2.75, 3.05) is 11.9 Å². The van der Waals surface area contributed by atoms with E-state index in [1.165, 1.54) is 35.6 Å². The Morgan fingerprint density at radius 1 is 0.980 bits per heavy atom. The van der Waals surface area contributed by atoms with E-state index in [1.54, 1.807) is 12.1 Å². The second-order valence-corrected chi connectivity index (χ2v) is 14.2. The zero-order chi connectivity index (χ0) is 34.3. The first kappa shape index (κ1) is 30.7. The summed E-state index contributed by atoms with van der Waals surface area (Å²) in [4.78, 5) is 39.0. The SMILES string of the molecule is Cc1cc2cc(-c3c4c(nc(CCc5ccc(F)cc5)c3-c3n[nH]c(=O)o3)[C@@H]3CCCN3C4=O)sc2c(N[C@@H]2CCc3cc(F)c(F)cc32)n1. The summed E-state index contributed by atoms with van der Waals surface area (Å²) in [6, 6.07) is 12.3. The number of aromatic amines is 1. The first-order valence-electron chi connectivity index (χ1n) is 16.6. The number of thiophene rings is 1. The summed E-state index contributed by atoms with van der Waals surface area (Å²) >= 11 is 1.44. The molecule has 2 aliphatic heterocycles. The van der Waals surface area contributed by atoms with Crippen molar-refractivity contribution in [2.24, 2.45) is 0 Å². The molecule has 1 aliphatic carbocycles. The molecule has 252 valence electrons. The maximum atomic E-state index is 14.3. The van der Waals surface area contributed by atoms with Crippen LogP contribution >= 0.6 is 11.3 Å². The van der Waals surface area contributed by atoms with E-state index >= 15 is 0 Å². The van der Waals surface area contributed by atoms with Crippen LogP contribution in [0.3, 0.4) is 0 Å². The van der Waals surface area contributed by atoms with E-state index in [-0.39, 0.29) is 29.7 Å². The molecule has 13 heteroatoms. The van der Waals surface area contributed by atoms with E-state index in [2.05, 4.69) is 15.5 Å². The Kier molecular flexibility index (Phi) is 7.16. The van der Waals surface area contributed by atoms with E-state index in [0.717, 1.165) is 44.6 Å². The molecule has 4 aromatic heterocycles. The number of hydrogen-bond donors (Lipinski definition) is 2. The summed E-state index contributed by atoms with van der Waals surface area (Å²) in [5.74, 6) is -2.31. The molecule has 6 aromatic rings. The van der Waals surface area contributed by atoms with Gasteiger partial charge in [0.05, 0.1) is 39.3 Å². The van der Waals surface area contributed by atoms with Crippen molar-refractivity contribution in [1.29, 1.82) is 0 Å². The summed E-state index contributed by atoms with van der Waals surface area (Å²) in [6.45, 7) is 2.51. The predicted octanol–water partition coefficient (Wildman–Crippen LogP) is 7.60. The first-order chi connectivity index (χ1) is 24.2. The van der Waals surface area contributed by atoms with Crippen LogP contribution in [0, 0.1) is 24.4 Å². The molecule has 1 amide bonds. The van der Waals surface area contributed by atoms with Gasteiger partial charge >= 0.3 is 5.76 Å². The van der Waals surface area contributed by atoms with Gasteiger partial charge in [0, 0.05) is 22.7 Å². The largest absolute Gasteiger partial charge is 0.434 e. The summed E-state index contributed by atoms with van der Waals surface area (Å²) in [7, 11) is 0. The lowest BCUT2D eigenvalue weighted by Gasteiger charge is -2.16. The molecule has 3 aliphatic rings. The molecule has 0 unspecified atom stereocenters. The maximum Gasteiger partial charge on any atom is 0.434 e. The molecule has 9 nitrogen and oxygen atoms in total. The number of amides is 1. The van der Waals surface area contributed by atoms with Crippen LogP contribution in [0.2, 0.25) is 0 Å². The van der Waals surface area contributed by atoms with Crippen LogP contribution in [0.15, 0.2) is 57.7 Å². The highest BCUT2D eigenvalue weighted by Gasteiger charge is 2.45. The first-order valence-corrected chi connectivity index (χ1v) is 17.4. The molecule has 1 saturated heterocycles. The molecule has 2 aromatic carbocycles. The number of carbonyl (C=O) groups is 1. The minimum Gasteiger partial charge on any atom is -0.388 e. The summed E-state index contributed by atoms with van der Waals surface area (Å²) in [5, 5.41) is 11.0. The average Bonchev–Trinajstić information content (AvgIpc) is 3.93. The normalized spacial score (nSPS) is 17.8. The van der Waals surface area contributed by atoms with Crippen molar-refractivity contribution in [1.82, 2.24) is 25.1 Å². The van der Waals surface area contributed by atoms with Gasteiger partial charge in [-0.25, -0.2) is 28.0 Å². The number of nitrogens with one attached hydrogen (secondary N) is 2. The van der Waals surface area contributed by atoms with Gasteiger partial charge in [0.2, 0.25) is 0 Å². The van der Waals surface area contributed by atoms with Gasteiger partial charge in [0.25, 0.3) is 11.8 Å². The Morgan fingerprint density at radius 2 is 1.80 bits per heavy atom. The fourth-order valence-electron chi connectivity index (χ4n) is 7.78. The van der Waals surface area contributed by atoms with Gasteiger partial charge < -0.3 is 14.6 Å². The molecule has 2 N–H and O–H groups in total. The lowest BCUT2D eigenvalue weighted by molar-refractivity contribution is 0.0776. The van der Waals surface area contributed by atoms with Crippen LogP contribution in [0.25, 0.3) is 32.0 Å². The minimum absolute atomic E-state index is 0.0243. The zero-order valence-electron chi connectivity index (χ0n) is 26.8. The molecule has 0 bridgehead atoms. The number of aryl methyl sites for hydroxylation is 4. The average molecular weight is 695 g/mol. The number of H-pyrrole nitrogens is 1. The summed E-state index contributed by atoms with van der Waals surface area (Å²) < 4.78 is 48.4. The van der Waals surface area contributed by atoms with Gasteiger partial charge in [-0.2, -0.15) is 0 Å². The van der Waals surface area contributed by atoms with Crippen molar-refractivity contribution < 1.29 is 22.4 Å². The highest BCUT2D eigenvalue weighted by Crippen LogP contribution is 2.50. The van der Waals surface area contributed by atoms with E-state index in [1.807, 2.05) is 24.0 Å². The third-order valence-electron chi connectivity index (χ3n) is 10.0. The molecule has 2 atom stereocenters. The molecule has 50 heavy (non-hydrogen) atoms. The number of fused-ring (bicyclic) bond motifs is 5. The van der Waals surface area contributed by atoms with E-state index in [9.17, 15) is 22.8 Å². The van der Waals surface area contributed by atoms with Gasteiger partial charge in [0.15, 0.2) is 11.6 Å². The Morgan fingerprint density at radius 3 is 2.60 bits per heavy atom. The lowest BCUT2D eigenvalue weighted by Crippen LogP contribution is -2.22. The Bertz CT molecular complexity index is 2420. The van der Waals surface area contributed by atoms with Crippen molar-refractivity contribution >= 4 is 33.1 Å². The Labute approximate surface area is 287 Å². The molecular weight excluding hydrogens is 666 g/mol. The number of halogens is 3. The third kappa shape index (κ3) is 5.01. The quantitative estimate of drug-likeness (QED) is 0.177. The fourth-order valence-corrected chi connectivity index (χ4v) is 8.92. The number of nitrogens with zero attached hydrogens (tertiary/aromatic N) is 4. The van der Waals surface area contributed by atoms with Crippen LogP contribution in [-0.2, 0) is 19.3 Å². The van der Waals surface area contributed by atoms with Crippen molar-refractivity contribution in [3.8, 4) is 21.9 Å². The van der Waals surface area contributed by atoms with E-state index < -0.39 is 17.4 Å². The second-order valence-electron chi connectivity index (χ2n) is 13.1. The van der Waals surface area contributed by atoms with Gasteiger partial charge in [-0.1, -0.05) is 12.1 Å². The van der Waals surface area contributed by atoms with Gasteiger partial charge in [-0.05, 0) is 104 Å². The Hall–Kier alpha value is -5.30. The fraction of sp³-hybridized carbons (Fsp3) is 0.270. The highest BCUT2D eigenvalue weighted by atomic mass is 32.1. The molecule has 0 saturated carbocycles. The number of benzene rings is 2. The second kappa shape index (κ2) is 11.7. The summed E-state index contributed by atoms with van der Waals surface area (Å²) in [5.41, 5.74) is 5.94. The monoisotopic (exact) mass is 694 g/mol. The van der Waals surface area contributed by atoms with Gasteiger partial charge in [-0.15, -0.1) is 16.4 Å². The van der Waals surface area contributed by atoms with E-state index in [4.69, 9.17) is 14.4 Å². The van der Waals surface area contributed by atoms with Gasteiger partial charge in [-0.3, -0.25) is 9.78 Å². The molecule has 6 heterocycles. The topological polar surface area (TPSA) is 117 Å². The van der Waals surface area contributed by atoms with E-state index in [0.29, 0.717) is 71.7 Å². The van der Waals surface area contributed by atoms with Crippen LogP contribution in [-0.4, -0.2) is 37.5 Å². The number of carbonyl (C=O) groups excluding carboxylic acids is 1. The molecule has 1 fully saturated rings. The molecule has 9 rings (SSSR count). The zero-order valence-corrected chi connectivity index (χ0v) is 27.6. The number of aromatic nitrogens is 4. The highest BCUT2D eigenvalue weighted by molar-refractivity contribution is 7.23. The number of hydrogen-bond acceptors (Lipinski definition) is 8. The smallest absolute Gasteiger partial charge is 0.388 e. The van der Waals surface area contributed by atoms with Crippen molar-refractivity contribution in [3.05, 3.63) is 116 Å². The maximum absolute atomic E-state index is 14.3. The van der Waals surface area contributed by atoms with Gasteiger partial charge in [0.1, 0.15) is 11.6 Å². The standard InChI is InChI=1S/C37H29F3N6O3S/c1-17-13-20-15-28(50-33(20)34(41-17)43-25-11-7-19-14-23(39)24(40)16-22(19)25)30-29(35-44-45-37(48)49-35)26(10-6-18-4-8-21(38)9-5-18)42-32-27-3-2-12-46(27)36(47)31(30)32/h4-5,8-9,13-16,25,27H,2-3,6-7,10-12H2,1H3,(H,41,43)(H,45,48)/t25-,27+/m1/s1. The Balaban J connectivity index is 1.22. The number of pyridine rings is 2. The summed E-state index contributed by atoms with van der Waals surface area (Å²) in [6.07, 6.45) is 3.85. The lowest BCUT2D eigenvalue weighted by atomic mass is 9.93. The minimum atomic E-state index is -0.886. The van der Waals surface area contributed by atoms with Crippen LogP contribution in [0.4, 0.5) is 19.0 Å². The number of anilines is 1. The van der Waals surface area contributed by atoms with Crippen LogP contribution in [0.5, 0.6) is 0 Å². The number of rotatable bonds is 7. The molecular formula is C37H29F3N6O3S. The van der Waals surface area contributed by atoms with Crippen LogP contribution in [0.1, 0.15) is 75.5 Å². The molecule has 0 spiro atoms. The predicted molar refractivity (Wildman–Crippen MR) is 182 cm³/mol. The van der Waals surface area contributed by atoms with Crippen molar-refractivity contribution in [2.45, 2.75) is 57.5 Å². The third-order valence-corrected chi connectivity index (χ3v) is 11.2. The molecule has 0 radical (unpaired) electrons. The van der Waals surface area contributed by atoms with Crippen molar-refractivity contribution in [3.63, 3.8) is 0 Å². The van der Waals surface area contributed by atoms with Crippen LogP contribution < -0.4 is 11.1 Å².